The number of rotatable bonds is 7. The molecule has 0 aliphatic carbocycles. The molecule has 3 rings (SSSR count). The van der Waals surface area contributed by atoms with E-state index in [2.05, 4.69) is 29.4 Å². The zero-order valence-corrected chi connectivity index (χ0v) is 16.2. The monoisotopic (exact) mass is 365 g/mol. The Morgan fingerprint density at radius 3 is 2.63 bits per heavy atom. The molecule has 0 fully saturated rings. The number of anilines is 1. The Morgan fingerprint density at radius 1 is 1.15 bits per heavy atom. The first-order valence-electron chi connectivity index (χ1n) is 9.32. The summed E-state index contributed by atoms with van der Waals surface area (Å²) in [6.45, 7) is 7.55. The average molecular weight is 365 g/mol. The fraction of sp³-hybridized carbons (Fsp3) is 0.391. The fourth-order valence-corrected chi connectivity index (χ4v) is 3.43. The van der Waals surface area contributed by atoms with Gasteiger partial charge in [0.25, 0.3) is 0 Å². The summed E-state index contributed by atoms with van der Waals surface area (Å²) in [5.74, 6) is 3.37. The van der Waals surface area contributed by atoms with Crippen LogP contribution in [0.4, 0.5) is 5.69 Å². The van der Waals surface area contributed by atoms with Crippen LogP contribution in [0.1, 0.15) is 38.0 Å². The molecule has 0 bridgehead atoms. The lowest BCUT2D eigenvalue weighted by molar-refractivity contribution is -0.154. The van der Waals surface area contributed by atoms with Crippen molar-refractivity contribution in [1.29, 1.82) is 0 Å². The maximum absolute atomic E-state index is 6.22. The van der Waals surface area contributed by atoms with Crippen LogP contribution < -0.4 is 10.1 Å². The highest BCUT2D eigenvalue weighted by molar-refractivity contribution is 5.53. The van der Waals surface area contributed by atoms with Gasteiger partial charge in [0.05, 0.1) is 0 Å². The number of nitrogens with one attached hydrogen (secondary N) is 1. The minimum absolute atomic E-state index is 0.225. The van der Waals surface area contributed by atoms with E-state index in [1.54, 1.807) is 0 Å². The smallest absolute Gasteiger partial charge is 0.132 e. The molecule has 0 spiro atoms. The molecule has 2 unspecified atom stereocenters. The largest absolute Gasteiger partial charge is 0.485 e. The molecule has 0 saturated carbocycles. The van der Waals surface area contributed by atoms with Crippen LogP contribution in [0.3, 0.4) is 0 Å². The van der Waals surface area contributed by atoms with Gasteiger partial charge in [-0.1, -0.05) is 36.3 Å². The number of terminal acetylenes is 1. The number of ether oxygens (including phenoxy) is 3. The van der Waals surface area contributed by atoms with E-state index in [1.165, 1.54) is 5.56 Å². The molecule has 1 heterocycles. The van der Waals surface area contributed by atoms with Crippen molar-refractivity contribution in [1.82, 2.24) is 0 Å². The predicted molar refractivity (Wildman–Crippen MR) is 108 cm³/mol. The summed E-state index contributed by atoms with van der Waals surface area (Å²) in [5, 5.41) is 3.47. The quantitative estimate of drug-likeness (QED) is 0.730. The summed E-state index contributed by atoms with van der Waals surface area (Å²) in [7, 11) is 0. The molecule has 0 radical (unpaired) electrons. The van der Waals surface area contributed by atoms with E-state index in [0.717, 1.165) is 23.5 Å². The van der Waals surface area contributed by atoms with Gasteiger partial charge in [-0.25, -0.2) is 0 Å². The van der Waals surface area contributed by atoms with Gasteiger partial charge in [-0.05, 0) is 44.5 Å². The maximum Gasteiger partial charge on any atom is 0.132 e. The van der Waals surface area contributed by atoms with Gasteiger partial charge >= 0.3 is 0 Å². The van der Waals surface area contributed by atoms with E-state index in [0.29, 0.717) is 6.61 Å². The van der Waals surface area contributed by atoms with Crippen molar-refractivity contribution < 1.29 is 14.2 Å². The summed E-state index contributed by atoms with van der Waals surface area (Å²) in [4.78, 5) is 0. The first kappa shape index (κ1) is 19.3. The third-order valence-electron chi connectivity index (χ3n) is 4.68. The lowest BCUT2D eigenvalue weighted by atomic mass is 9.88. The van der Waals surface area contributed by atoms with Gasteiger partial charge in [0.1, 0.15) is 30.2 Å². The van der Waals surface area contributed by atoms with Crippen molar-refractivity contribution in [3.05, 3.63) is 59.7 Å². The van der Waals surface area contributed by atoms with Crippen molar-refractivity contribution in [3.8, 4) is 18.1 Å². The number of benzene rings is 2. The van der Waals surface area contributed by atoms with Gasteiger partial charge in [0, 0.05) is 24.4 Å². The summed E-state index contributed by atoms with van der Waals surface area (Å²) < 4.78 is 18.2. The van der Waals surface area contributed by atoms with Crippen LogP contribution in [-0.4, -0.2) is 24.9 Å². The minimum Gasteiger partial charge on any atom is -0.485 e. The van der Waals surface area contributed by atoms with E-state index in [9.17, 15) is 0 Å². The predicted octanol–water partition coefficient (Wildman–Crippen LogP) is 4.57. The van der Waals surface area contributed by atoms with Crippen molar-refractivity contribution in [3.63, 3.8) is 0 Å². The van der Waals surface area contributed by atoms with Crippen molar-refractivity contribution >= 4 is 5.69 Å². The Kier molecular flexibility index (Phi) is 6.05. The number of hydrogen-bond donors (Lipinski definition) is 1. The summed E-state index contributed by atoms with van der Waals surface area (Å²) in [6, 6.07) is 16.4. The van der Waals surface area contributed by atoms with E-state index in [4.69, 9.17) is 20.6 Å². The summed E-state index contributed by atoms with van der Waals surface area (Å²) in [6.07, 6.45) is 4.88. The van der Waals surface area contributed by atoms with Gasteiger partial charge < -0.3 is 19.5 Å². The molecule has 4 nitrogen and oxygen atoms in total. The van der Waals surface area contributed by atoms with Crippen LogP contribution >= 0.6 is 0 Å². The molecule has 2 aromatic rings. The van der Waals surface area contributed by atoms with Crippen LogP contribution in [0.25, 0.3) is 0 Å². The van der Waals surface area contributed by atoms with E-state index < -0.39 is 5.60 Å². The van der Waals surface area contributed by atoms with Crippen LogP contribution in [0, 0.1) is 12.3 Å². The molecule has 142 valence electrons. The Balaban J connectivity index is 1.86. The minimum atomic E-state index is -0.539. The molecule has 2 atom stereocenters. The van der Waals surface area contributed by atoms with E-state index in [-0.39, 0.29) is 18.8 Å². The highest BCUT2D eigenvalue weighted by Crippen LogP contribution is 2.44. The van der Waals surface area contributed by atoms with Crippen molar-refractivity contribution in [2.24, 2.45) is 0 Å². The fourth-order valence-electron chi connectivity index (χ4n) is 3.43. The lowest BCUT2D eigenvalue weighted by Crippen LogP contribution is -2.51. The van der Waals surface area contributed by atoms with Gasteiger partial charge in [0.15, 0.2) is 0 Å². The SMILES string of the molecule is C#CCOC1C(OCC)c2cc(NCc3ccccc3)ccc2OC1(C)C. The first-order chi connectivity index (χ1) is 13.0. The highest BCUT2D eigenvalue weighted by Gasteiger charge is 2.45. The molecular weight excluding hydrogens is 338 g/mol. The average Bonchev–Trinajstić information content (AvgIpc) is 2.66. The van der Waals surface area contributed by atoms with Crippen molar-refractivity contribution in [2.45, 2.75) is 45.1 Å². The summed E-state index contributed by atoms with van der Waals surface area (Å²) >= 11 is 0. The van der Waals surface area contributed by atoms with Gasteiger partial charge in [-0.15, -0.1) is 6.42 Å². The lowest BCUT2D eigenvalue weighted by Gasteiger charge is -2.44. The molecule has 1 aliphatic rings. The topological polar surface area (TPSA) is 39.7 Å². The highest BCUT2D eigenvalue weighted by atomic mass is 16.6. The van der Waals surface area contributed by atoms with Gasteiger partial charge in [0.2, 0.25) is 0 Å². The maximum atomic E-state index is 6.22. The second-order valence-electron chi connectivity index (χ2n) is 7.11. The Bertz CT molecular complexity index is 795. The molecule has 27 heavy (non-hydrogen) atoms. The molecule has 0 amide bonds. The standard InChI is InChI=1S/C23H27NO3/c1-5-14-26-22-21(25-6-2)19-15-18(12-13-20(19)27-23(22,3)4)24-16-17-10-8-7-9-11-17/h1,7-13,15,21-22,24H,6,14,16H2,2-4H3. The molecule has 4 heteroatoms. The van der Waals surface area contributed by atoms with E-state index >= 15 is 0 Å². The third-order valence-corrected chi connectivity index (χ3v) is 4.68. The van der Waals surface area contributed by atoms with Gasteiger partial charge in [-0.3, -0.25) is 0 Å². The summed E-state index contributed by atoms with van der Waals surface area (Å²) in [5.41, 5.74) is 2.68. The molecule has 0 aromatic heterocycles. The second kappa shape index (κ2) is 8.47. The van der Waals surface area contributed by atoms with Crippen LogP contribution in [0.15, 0.2) is 48.5 Å². The Labute approximate surface area is 161 Å². The Morgan fingerprint density at radius 2 is 1.93 bits per heavy atom. The molecule has 1 N–H and O–H groups in total. The normalized spacial score (nSPS) is 20.2. The van der Waals surface area contributed by atoms with E-state index in [1.807, 2.05) is 51.1 Å². The number of fused-ring (bicyclic) bond motifs is 1. The second-order valence-corrected chi connectivity index (χ2v) is 7.11. The molecular formula is C23H27NO3. The molecule has 0 saturated heterocycles. The first-order valence-corrected chi connectivity index (χ1v) is 9.32. The third kappa shape index (κ3) is 4.44. The molecule has 2 aromatic carbocycles. The van der Waals surface area contributed by atoms with Crippen LogP contribution in [-0.2, 0) is 16.0 Å². The number of hydrogen-bond acceptors (Lipinski definition) is 4. The van der Waals surface area contributed by atoms with Crippen LogP contribution in [0.2, 0.25) is 0 Å². The van der Waals surface area contributed by atoms with Gasteiger partial charge in [-0.2, -0.15) is 0 Å². The van der Waals surface area contributed by atoms with Crippen molar-refractivity contribution in [2.75, 3.05) is 18.5 Å². The zero-order chi connectivity index (χ0) is 19.3. The zero-order valence-electron chi connectivity index (χ0n) is 16.2. The van der Waals surface area contributed by atoms with Crippen LogP contribution in [0.5, 0.6) is 5.75 Å². The molecule has 1 aliphatic heterocycles. The Hall–Kier alpha value is -2.48.